The topological polar surface area (TPSA) is 50.8 Å². The standard InChI is InChI=1S/C22H28N2O3/c1-2-24-14-8-11-19(24)15-23-22(25)17-27-21-13-7-6-12-20(21)26-16-18-9-4-3-5-10-18/h3-7,9-10,12-13,19H,2,8,11,14-17H2,1H3,(H,23,25). The molecule has 2 aromatic carbocycles. The molecule has 3 rings (SSSR count). The van der Waals surface area contributed by atoms with Gasteiger partial charge in [-0.25, -0.2) is 0 Å². The Morgan fingerprint density at radius 1 is 1.07 bits per heavy atom. The van der Waals surface area contributed by atoms with Gasteiger partial charge < -0.3 is 14.8 Å². The summed E-state index contributed by atoms with van der Waals surface area (Å²) in [5.74, 6) is 1.12. The molecular formula is C22H28N2O3. The Balaban J connectivity index is 1.46. The Morgan fingerprint density at radius 2 is 1.78 bits per heavy atom. The summed E-state index contributed by atoms with van der Waals surface area (Å²) >= 11 is 0. The molecule has 1 fully saturated rings. The average Bonchev–Trinajstić information content (AvgIpc) is 3.18. The number of carbonyl (C=O) groups excluding carboxylic acids is 1. The lowest BCUT2D eigenvalue weighted by Crippen LogP contribution is -2.41. The van der Waals surface area contributed by atoms with Crippen LogP contribution in [0.25, 0.3) is 0 Å². The number of hydrogen-bond donors (Lipinski definition) is 1. The number of likely N-dealkylation sites (N-methyl/N-ethyl adjacent to an activating group) is 1. The molecule has 2 aromatic rings. The van der Waals surface area contributed by atoms with Crippen molar-refractivity contribution in [3.63, 3.8) is 0 Å². The van der Waals surface area contributed by atoms with Crippen molar-refractivity contribution in [2.75, 3.05) is 26.2 Å². The Labute approximate surface area is 161 Å². The van der Waals surface area contributed by atoms with Gasteiger partial charge in [0.1, 0.15) is 6.61 Å². The molecule has 0 spiro atoms. The molecule has 5 heteroatoms. The Morgan fingerprint density at radius 3 is 2.52 bits per heavy atom. The summed E-state index contributed by atoms with van der Waals surface area (Å²) in [5.41, 5.74) is 1.09. The van der Waals surface area contributed by atoms with Crippen LogP contribution in [0.5, 0.6) is 11.5 Å². The zero-order valence-corrected chi connectivity index (χ0v) is 15.9. The van der Waals surface area contributed by atoms with Crippen LogP contribution in [-0.4, -0.2) is 43.1 Å². The fourth-order valence-corrected chi connectivity index (χ4v) is 3.39. The fraction of sp³-hybridized carbons (Fsp3) is 0.409. The highest BCUT2D eigenvalue weighted by atomic mass is 16.5. The third kappa shape index (κ3) is 5.73. The van der Waals surface area contributed by atoms with Gasteiger partial charge in [-0.3, -0.25) is 9.69 Å². The van der Waals surface area contributed by atoms with Crippen molar-refractivity contribution >= 4 is 5.91 Å². The highest BCUT2D eigenvalue weighted by Crippen LogP contribution is 2.27. The van der Waals surface area contributed by atoms with Crippen molar-refractivity contribution in [1.82, 2.24) is 10.2 Å². The van der Waals surface area contributed by atoms with E-state index in [1.54, 1.807) is 0 Å². The molecule has 1 atom stereocenters. The number of nitrogens with one attached hydrogen (secondary N) is 1. The van der Waals surface area contributed by atoms with E-state index in [9.17, 15) is 4.79 Å². The molecule has 1 saturated heterocycles. The summed E-state index contributed by atoms with van der Waals surface area (Å²) in [6.07, 6.45) is 2.35. The first kappa shape index (κ1) is 19.2. The maximum absolute atomic E-state index is 12.2. The minimum Gasteiger partial charge on any atom is -0.485 e. The quantitative estimate of drug-likeness (QED) is 0.738. The Bertz CT molecular complexity index is 721. The summed E-state index contributed by atoms with van der Waals surface area (Å²) in [4.78, 5) is 14.6. The molecule has 1 amide bonds. The third-order valence-electron chi connectivity index (χ3n) is 4.89. The van der Waals surface area contributed by atoms with E-state index < -0.39 is 0 Å². The predicted molar refractivity (Wildman–Crippen MR) is 106 cm³/mol. The normalized spacial score (nSPS) is 16.9. The molecule has 0 aromatic heterocycles. The molecule has 1 heterocycles. The summed E-state index contributed by atoms with van der Waals surface area (Å²) in [6, 6.07) is 17.9. The first-order valence-corrected chi connectivity index (χ1v) is 9.65. The first-order chi connectivity index (χ1) is 13.3. The highest BCUT2D eigenvalue weighted by molar-refractivity contribution is 5.77. The van der Waals surface area contributed by atoms with Gasteiger partial charge in [0, 0.05) is 12.6 Å². The van der Waals surface area contributed by atoms with E-state index in [1.807, 2.05) is 54.6 Å². The van der Waals surface area contributed by atoms with Gasteiger partial charge in [-0.05, 0) is 43.6 Å². The van der Waals surface area contributed by atoms with Crippen molar-refractivity contribution in [1.29, 1.82) is 0 Å². The lowest BCUT2D eigenvalue weighted by Gasteiger charge is -2.22. The minimum atomic E-state index is -0.101. The van der Waals surface area contributed by atoms with Gasteiger partial charge in [-0.15, -0.1) is 0 Å². The molecule has 0 aliphatic carbocycles. The second-order valence-corrected chi connectivity index (χ2v) is 6.74. The number of hydrogen-bond acceptors (Lipinski definition) is 4. The SMILES string of the molecule is CCN1CCCC1CNC(=O)COc1ccccc1OCc1ccccc1. The van der Waals surface area contributed by atoms with E-state index in [2.05, 4.69) is 17.1 Å². The third-order valence-corrected chi connectivity index (χ3v) is 4.89. The van der Waals surface area contributed by atoms with Gasteiger partial charge in [-0.1, -0.05) is 49.4 Å². The number of benzene rings is 2. The maximum atomic E-state index is 12.2. The molecule has 144 valence electrons. The van der Waals surface area contributed by atoms with E-state index in [1.165, 1.54) is 6.42 Å². The zero-order valence-electron chi connectivity index (χ0n) is 15.9. The first-order valence-electron chi connectivity index (χ1n) is 9.65. The van der Waals surface area contributed by atoms with Gasteiger partial charge in [0.05, 0.1) is 0 Å². The van der Waals surface area contributed by atoms with Crippen LogP contribution in [0.15, 0.2) is 54.6 Å². The molecule has 1 aliphatic heterocycles. The van der Waals surface area contributed by atoms with Crippen molar-refractivity contribution in [3.05, 3.63) is 60.2 Å². The molecule has 27 heavy (non-hydrogen) atoms. The average molecular weight is 368 g/mol. The van der Waals surface area contributed by atoms with Crippen molar-refractivity contribution in [2.24, 2.45) is 0 Å². The summed E-state index contributed by atoms with van der Waals surface area (Å²) in [7, 11) is 0. The largest absolute Gasteiger partial charge is 0.485 e. The van der Waals surface area contributed by atoms with Crippen LogP contribution in [0.3, 0.4) is 0 Å². The van der Waals surface area contributed by atoms with Crippen LogP contribution in [0.2, 0.25) is 0 Å². The van der Waals surface area contributed by atoms with E-state index >= 15 is 0 Å². The van der Waals surface area contributed by atoms with Crippen molar-refractivity contribution in [2.45, 2.75) is 32.4 Å². The smallest absolute Gasteiger partial charge is 0.257 e. The van der Waals surface area contributed by atoms with Crippen molar-refractivity contribution < 1.29 is 14.3 Å². The second-order valence-electron chi connectivity index (χ2n) is 6.74. The Hall–Kier alpha value is -2.53. The molecule has 5 nitrogen and oxygen atoms in total. The van der Waals surface area contributed by atoms with Crippen LogP contribution < -0.4 is 14.8 Å². The summed E-state index contributed by atoms with van der Waals surface area (Å²) in [5, 5.41) is 2.99. The summed E-state index contributed by atoms with van der Waals surface area (Å²) in [6.45, 7) is 5.45. The zero-order chi connectivity index (χ0) is 18.9. The van der Waals surface area contributed by atoms with Crippen LogP contribution in [-0.2, 0) is 11.4 Å². The molecule has 0 saturated carbocycles. The fourth-order valence-electron chi connectivity index (χ4n) is 3.39. The van der Waals surface area contributed by atoms with Crippen LogP contribution in [0, 0.1) is 0 Å². The van der Waals surface area contributed by atoms with E-state index in [-0.39, 0.29) is 12.5 Å². The minimum absolute atomic E-state index is 0.00937. The number of likely N-dealkylation sites (tertiary alicyclic amines) is 1. The molecule has 0 bridgehead atoms. The highest BCUT2D eigenvalue weighted by Gasteiger charge is 2.23. The van der Waals surface area contributed by atoms with Gasteiger partial charge >= 0.3 is 0 Å². The number of ether oxygens (including phenoxy) is 2. The van der Waals surface area contributed by atoms with Gasteiger partial charge in [0.25, 0.3) is 5.91 Å². The number of rotatable bonds is 9. The van der Waals surface area contributed by atoms with Crippen LogP contribution in [0.4, 0.5) is 0 Å². The van der Waals surface area contributed by atoms with Crippen LogP contribution >= 0.6 is 0 Å². The molecule has 0 radical (unpaired) electrons. The van der Waals surface area contributed by atoms with E-state index in [0.29, 0.717) is 30.7 Å². The number of para-hydroxylation sites is 2. The summed E-state index contributed by atoms with van der Waals surface area (Å²) < 4.78 is 11.6. The maximum Gasteiger partial charge on any atom is 0.257 e. The lowest BCUT2D eigenvalue weighted by atomic mass is 10.2. The predicted octanol–water partition coefficient (Wildman–Crippen LogP) is 3.24. The van der Waals surface area contributed by atoms with Crippen LogP contribution in [0.1, 0.15) is 25.3 Å². The number of amides is 1. The molecular weight excluding hydrogens is 340 g/mol. The van der Waals surface area contributed by atoms with Gasteiger partial charge in [0.15, 0.2) is 18.1 Å². The second kappa shape index (κ2) is 9.97. The Kier molecular flexibility index (Phi) is 7.11. The number of nitrogens with zero attached hydrogens (tertiary/aromatic N) is 1. The van der Waals surface area contributed by atoms with E-state index in [0.717, 1.165) is 25.1 Å². The monoisotopic (exact) mass is 368 g/mol. The van der Waals surface area contributed by atoms with E-state index in [4.69, 9.17) is 9.47 Å². The molecule has 1 aliphatic rings. The van der Waals surface area contributed by atoms with Gasteiger partial charge in [0.2, 0.25) is 0 Å². The molecule has 1 unspecified atom stereocenters. The number of carbonyl (C=O) groups is 1. The van der Waals surface area contributed by atoms with Gasteiger partial charge in [-0.2, -0.15) is 0 Å². The van der Waals surface area contributed by atoms with Crippen molar-refractivity contribution in [3.8, 4) is 11.5 Å². The molecule has 1 N–H and O–H groups in total. The lowest BCUT2D eigenvalue weighted by molar-refractivity contribution is -0.123.